The number of hydrogen-bond acceptors (Lipinski definition) is 1. The summed E-state index contributed by atoms with van der Waals surface area (Å²) in [7, 11) is -4.62. The largest absolute Gasteiger partial charge is 0.827 e. The van der Waals surface area contributed by atoms with E-state index in [4.69, 9.17) is 0 Å². The summed E-state index contributed by atoms with van der Waals surface area (Å²) in [5, 5.41) is 0. The molecule has 0 unspecified atom stereocenters. The summed E-state index contributed by atoms with van der Waals surface area (Å²) in [5.41, 5.74) is -2.15. The van der Waals surface area contributed by atoms with E-state index in [0.29, 0.717) is 12.1 Å². The lowest BCUT2D eigenvalue weighted by Gasteiger charge is -2.24. The van der Waals surface area contributed by atoms with Gasteiger partial charge in [0.25, 0.3) is 0 Å². The number of benzene rings is 2. The van der Waals surface area contributed by atoms with Gasteiger partial charge >= 0.3 is 19.4 Å². The predicted octanol–water partition coefficient (Wildman–Crippen LogP) is 4.04. The fraction of sp³-hybridized carbons (Fsp3) is 0.118. The van der Waals surface area contributed by atoms with Crippen molar-refractivity contribution in [3.05, 3.63) is 76.9 Å². The van der Waals surface area contributed by atoms with Gasteiger partial charge in [-0.3, -0.25) is 0 Å². The summed E-state index contributed by atoms with van der Waals surface area (Å²) in [5.74, 6) is -0.410. The minimum atomic E-state index is -4.62. The Morgan fingerprint density at radius 2 is 1.11 bits per heavy atom. The minimum absolute atomic E-state index is 0.0299. The topological polar surface area (TPSA) is 23.2 Å². The Kier molecular flexibility index (Phi) is 4.72. The summed E-state index contributed by atoms with van der Waals surface area (Å²) in [6.07, 6.45) is -8.08. The molecule has 0 bridgehead atoms. The number of alkyl halides is 6. The van der Waals surface area contributed by atoms with Crippen molar-refractivity contribution in [2.75, 3.05) is 0 Å². The van der Waals surface area contributed by atoms with Crippen molar-refractivity contribution in [1.29, 1.82) is 0 Å². The van der Waals surface area contributed by atoms with Crippen molar-refractivity contribution in [3.63, 3.8) is 0 Å². The molecule has 3 rings (SSSR count). The zero-order valence-electron chi connectivity index (χ0n) is 13.7. The summed E-state index contributed by atoms with van der Waals surface area (Å²) in [4.78, 5) is 1.79. The van der Waals surface area contributed by atoms with E-state index in [1.165, 1.54) is 0 Å². The van der Waals surface area contributed by atoms with Gasteiger partial charge in [0.05, 0.1) is 16.9 Å². The molecule has 11 heteroatoms. The van der Waals surface area contributed by atoms with Crippen molar-refractivity contribution < 1.29 is 44.5 Å². The molecule has 148 valence electrons. The molecule has 2 aromatic rings. The van der Waals surface area contributed by atoms with Crippen molar-refractivity contribution in [1.82, 2.24) is 0 Å². The molecule has 0 aromatic heterocycles. The highest BCUT2D eigenvalue weighted by atomic mass is 19.4. The number of halogens is 8. The molecule has 0 spiro atoms. The molecule has 1 heterocycles. The maximum absolute atomic E-state index is 13.9. The molecule has 2 nitrogen and oxygen atoms in total. The molecular formula is C17H10BF8NO. The summed E-state index contributed by atoms with van der Waals surface area (Å²) in [6, 6.07) is 6.83. The fourth-order valence-corrected chi connectivity index (χ4v) is 2.56. The first kappa shape index (κ1) is 19.9. The van der Waals surface area contributed by atoms with E-state index >= 15 is 0 Å². The fourth-order valence-electron chi connectivity index (χ4n) is 2.56. The SMILES string of the molecule is F[B-]1(F)[NH+]=C(c2ccc(C(F)(F)F)cc2)C=C(c2ccc(C(F)(F)F)cc2)O1. The van der Waals surface area contributed by atoms with Crippen molar-refractivity contribution in [2.45, 2.75) is 12.4 Å². The zero-order valence-corrected chi connectivity index (χ0v) is 13.7. The smallest absolute Gasteiger partial charge is 0.599 e. The van der Waals surface area contributed by atoms with Gasteiger partial charge in [-0.25, -0.2) is 0 Å². The van der Waals surface area contributed by atoms with Crippen LogP contribution in [0.4, 0.5) is 35.0 Å². The van der Waals surface area contributed by atoms with Crippen LogP contribution in [0.15, 0.2) is 54.6 Å². The lowest BCUT2D eigenvalue weighted by Crippen LogP contribution is -2.90. The molecule has 1 aliphatic heterocycles. The second-order valence-corrected chi connectivity index (χ2v) is 5.93. The molecule has 0 saturated heterocycles. The molecular weight excluding hydrogens is 397 g/mol. The normalized spacial score (nSPS) is 16.9. The Morgan fingerprint density at radius 1 is 0.679 bits per heavy atom. The van der Waals surface area contributed by atoms with E-state index in [0.717, 1.165) is 42.5 Å². The van der Waals surface area contributed by atoms with Crippen LogP contribution in [-0.2, 0) is 17.0 Å². The van der Waals surface area contributed by atoms with E-state index in [1.54, 1.807) is 4.90 Å². The van der Waals surface area contributed by atoms with Gasteiger partial charge in [-0.2, -0.15) is 26.3 Å². The quantitative estimate of drug-likeness (QED) is 0.590. The first-order valence-electron chi connectivity index (χ1n) is 7.77. The van der Waals surface area contributed by atoms with E-state index in [2.05, 4.69) is 4.65 Å². The van der Waals surface area contributed by atoms with Crippen LogP contribution in [0.25, 0.3) is 5.76 Å². The van der Waals surface area contributed by atoms with Gasteiger partial charge in [-0.15, -0.1) is 0 Å². The maximum Gasteiger partial charge on any atom is 0.827 e. The second kappa shape index (κ2) is 6.64. The Bertz CT molecular complexity index is 928. The number of nitrogens with one attached hydrogen (secondary N) is 1. The standard InChI is InChI=1S/C17H10BF8NO/c19-16(20,21)12-5-1-10(2-6-12)14-9-15(28-18(25,26)27-14)11-3-7-13(8-4-11)17(22,23)24/h1-9,27H. The third-order valence-corrected chi connectivity index (χ3v) is 3.89. The molecule has 0 atom stereocenters. The van der Waals surface area contributed by atoms with E-state index in [1.807, 2.05) is 0 Å². The summed E-state index contributed by atoms with van der Waals surface area (Å²) in [6.45, 7) is 0. The van der Waals surface area contributed by atoms with Crippen LogP contribution in [-0.4, -0.2) is 12.7 Å². The van der Waals surface area contributed by atoms with Crippen molar-refractivity contribution in [3.8, 4) is 0 Å². The highest BCUT2D eigenvalue weighted by Gasteiger charge is 2.44. The number of allylic oxidation sites excluding steroid dienone is 1. The van der Waals surface area contributed by atoms with Crippen molar-refractivity contribution in [2.24, 2.45) is 0 Å². The molecule has 0 radical (unpaired) electrons. The summed E-state index contributed by atoms with van der Waals surface area (Å²) < 4.78 is 108. The highest BCUT2D eigenvalue weighted by molar-refractivity contribution is 6.52. The van der Waals surface area contributed by atoms with Crippen LogP contribution >= 0.6 is 0 Å². The van der Waals surface area contributed by atoms with Crippen LogP contribution < -0.4 is 4.90 Å². The van der Waals surface area contributed by atoms with Crippen molar-refractivity contribution >= 4 is 18.5 Å². The Hall–Kier alpha value is -2.85. The van der Waals surface area contributed by atoms with Crippen LogP contribution in [0, 0.1) is 0 Å². The molecule has 2 aromatic carbocycles. The van der Waals surface area contributed by atoms with E-state index in [9.17, 15) is 35.0 Å². The van der Waals surface area contributed by atoms with E-state index < -0.39 is 36.3 Å². The molecule has 0 fully saturated rings. The molecule has 28 heavy (non-hydrogen) atoms. The average molecular weight is 407 g/mol. The van der Waals surface area contributed by atoms with E-state index in [-0.39, 0.29) is 16.8 Å². The first-order valence-corrected chi connectivity index (χ1v) is 7.77. The van der Waals surface area contributed by atoms with Gasteiger partial charge in [0.2, 0.25) is 0 Å². The van der Waals surface area contributed by atoms with Crippen LogP contribution in [0.5, 0.6) is 0 Å². The van der Waals surface area contributed by atoms with Gasteiger partial charge in [0, 0.05) is 17.2 Å². The molecule has 1 aliphatic rings. The first-order chi connectivity index (χ1) is 12.9. The third kappa shape index (κ3) is 4.34. The zero-order chi connectivity index (χ0) is 20.7. The van der Waals surface area contributed by atoms with Gasteiger partial charge in [0.15, 0.2) is 5.71 Å². The number of rotatable bonds is 2. The Morgan fingerprint density at radius 3 is 1.54 bits per heavy atom. The third-order valence-electron chi connectivity index (χ3n) is 3.89. The van der Waals surface area contributed by atoms with Gasteiger partial charge < -0.3 is 18.2 Å². The Balaban J connectivity index is 1.96. The monoisotopic (exact) mass is 407 g/mol. The highest BCUT2D eigenvalue weighted by Crippen LogP contribution is 2.32. The lowest BCUT2D eigenvalue weighted by atomic mass is 9.97. The van der Waals surface area contributed by atoms with Gasteiger partial charge in [-0.05, 0) is 36.4 Å². The molecule has 0 aliphatic carbocycles. The van der Waals surface area contributed by atoms with Crippen LogP contribution in [0.2, 0.25) is 0 Å². The molecule has 1 N–H and O–H groups in total. The minimum Gasteiger partial charge on any atom is -0.599 e. The van der Waals surface area contributed by atoms with Crippen LogP contribution in [0.1, 0.15) is 22.3 Å². The van der Waals surface area contributed by atoms with Gasteiger partial charge in [-0.1, -0.05) is 12.1 Å². The Labute approximate surface area is 153 Å². The second-order valence-electron chi connectivity index (χ2n) is 5.93. The number of hydrogen-bond donors (Lipinski definition) is 1. The predicted molar refractivity (Wildman–Crippen MR) is 85.0 cm³/mol. The van der Waals surface area contributed by atoms with Gasteiger partial charge in [0.1, 0.15) is 0 Å². The summed E-state index contributed by atoms with van der Waals surface area (Å²) >= 11 is 0. The maximum atomic E-state index is 13.9. The molecule has 0 saturated carbocycles. The lowest BCUT2D eigenvalue weighted by molar-refractivity contribution is -0.360. The average Bonchev–Trinajstić information content (AvgIpc) is 2.59. The van der Waals surface area contributed by atoms with Crippen LogP contribution in [0.3, 0.4) is 0 Å². The molecule has 0 amide bonds.